The summed E-state index contributed by atoms with van der Waals surface area (Å²) in [5.74, 6) is 1.86. The van der Waals surface area contributed by atoms with E-state index in [-0.39, 0.29) is 6.71 Å². The number of rotatable bonds is 13. The molecule has 2 aliphatic heterocycles. The number of hydrogen-bond donors (Lipinski definition) is 0. The average molecular weight is 1230 g/mol. The maximum Gasteiger partial charge on any atom is 0.252 e. The van der Waals surface area contributed by atoms with Gasteiger partial charge in [0.2, 0.25) is 0 Å². The van der Waals surface area contributed by atoms with Crippen LogP contribution in [0, 0.1) is 0 Å². The third kappa shape index (κ3) is 9.76. The zero-order chi connectivity index (χ0) is 63.5. The Morgan fingerprint density at radius 2 is 0.604 bits per heavy atom. The van der Waals surface area contributed by atoms with E-state index in [1.807, 2.05) is 60.7 Å². The first-order chi connectivity index (χ1) is 47.6. The van der Waals surface area contributed by atoms with E-state index in [2.05, 4.69) is 321 Å². The second-order valence-corrected chi connectivity index (χ2v) is 24.4. The summed E-state index contributed by atoms with van der Waals surface area (Å²) in [6, 6.07) is 128. The second kappa shape index (κ2) is 23.7. The van der Waals surface area contributed by atoms with Crippen molar-refractivity contribution in [2.75, 3.05) is 19.6 Å². The molecule has 0 unspecified atom stereocenters. The van der Waals surface area contributed by atoms with Gasteiger partial charge in [0.1, 0.15) is 0 Å². The van der Waals surface area contributed by atoms with Crippen molar-refractivity contribution in [2.24, 2.45) is 0 Å². The molecule has 2 aromatic heterocycles. The van der Waals surface area contributed by atoms with Gasteiger partial charge in [-0.1, -0.05) is 200 Å². The monoisotopic (exact) mass is 1230 g/mol. The first-order valence-electron chi connectivity index (χ1n) is 32.6. The van der Waals surface area contributed by atoms with Crippen LogP contribution in [0.1, 0.15) is 0 Å². The van der Waals surface area contributed by atoms with E-state index in [4.69, 9.17) is 15.0 Å². The third-order valence-electron chi connectivity index (χ3n) is 18.8. The average Bonchev–Trinajstić information content (AvgIpc) is 0.907. The van der Waals surface area contributed by atoms with Crippen LogP contribution in [0.2, 0.25) is 0 Å². The molecule has 0 amide bonds. The maximum atomic E-state index is 5.08. The number of anilines is 12. The zero-order valence-corrected chi connectivity index (χ0v) is 52.2. The van der Waals surface area contributed by atoms with Crippen LogP contribution >= 0.6 is 0 Å². The van der Waals surface area contributed by atoms with Crippen LogP contribution in [0.15, 0.2) is 358 Å². The molecule has 0 saturated heterocycles. The van der Waals surface area contributed by atoms with Crippen molar-refractivity contribution >= 4 is 113 Å². The molecule has 4 heterocycles. The summed E-state index contributed by atoms with van der Waals surface area (Å²) in [4.78, 5) is 24.8. The van der Waals surface area contributed by atoms with Crippen molar-refractivity contribution in [1.29, 1.82) is 0 Å². The molecule has 9 heteroatoms. The highest BCUT2D eigenvalue weighted by atomic mass is 15.2. The highest BCUT2D eigenvalue weighted by molar-refractivity contribution is 7.00. The number of nitrogens with zero attached hydrogens (tertiary/aromatic N) is 8. The number of aromatic nitrogens is 4. The van der Waals surface area contributed by atoms with Gasteiger partial charge in [-0.2, -0.15) is 0 Å². The van der Waals surface area contributed by atoms with E-state index >= 15 is 0 Å². The van der Waals surface area contributed by atoms with Gasteiger partial charge in [0.25, 0.3) is 6.71 Å². The maximum absolute atomic E-state index is 5.08. The van der Waals surface area contributed by atoms with Crippen LogP contribution in [0.5, 0.6) is 0 Å². The van der Waals surface area contributed by atoms with Crippen LogP contribution in [-0.2, 0) is 0 Å². The Bertz CT molecular complexity index is 5420. The minimum Gasteiger partial charge on any atom is -0.311 e. The second-order valence-electron chi connectivity index (χ2n) is 24.4. The highest BCUT2D eigenvalue weighted by Crippen LogP contribution is 2.47. The Labute approximate surface area is 557 Å². The van der Waals surface area contributed by atoms with Gasteiger partial charge < -0.3 is 24.2 Å². The summed E-state index contributed by atoms with van der Waals surface area (Å²) in [6.45, 7) is -0.00442. The van der Waals surface area contributed by atoms with Gasteiger partial charge in [0, 0.05) is 101 Å². The summed E-state index contributed by atoms with van der Waals surface area (Å²) < 4.78 is 2.39. The molecule has 0 bridgehead atoms. The Hall–Kier alpha value is -12.8. The molecular weight excluding hydrogens is 1170 g/mol. The summed E-state index contributed by atoms with van der Waals surface area (Å²) in [7, 11) is 0. The zero-order valence-electron chi connectivity index (χ0n) is 52.2. The molecule has 18 rings (SSSR count). The largest absolute Gasteiger partial charge is 0.311 e. The standard InChI is InChI=1S/C87H59BN8/c1-8-25-61(26-9-1)85-89-86(62-27-10-2-11-28-62)91-87(90-85)63-45-50-71(51-46-63)94-78-55-52-72(92(65-29-12-3-13-30-65)66-31-14-4-15-32-66)58-74(78)75-59-73(53-56-79(75)94)93(67-33-16-5-17-34-67)70-48-43-60(44-49-70)64-47-54-81-77(57-64)88-76-39-22-23-40-80(76)95(68-35-18-6-19-36-68)82-41-24-42-83(84(82)88)96(81)69-37-20-7-21-38-69/h1-59H. The molecule has 0 spiro atoms. The fourth-order valence-electron chi connectivity index (χ4n) is 14.5. The first kappa shape index (κ1) is 56.0. The number of fused-ring (bicyclic) bond motifs is 7. The van der Waals surface area contributed by atoms with E-state index in [1.54, 1.807) is 0 Å². The van der Waals surface area contributed by atoms with Gasteiger partial charge in [0.05, 0.1) is 11.0 Å². The predicted octanol–water partition coefficient (Wildman–Crippen LogP) is 20.7. The van der Waals surface area contributed by atoms with Crippen LogP contribution < -0.4 is 36.0 Å². The van der Waals surface area contributed by atoms with Crippen molar-refractivity contribution in [2.45, 2.75) is 0 Å². The van der Waals surface area contributed by atoms with E-state index in [0.29, 0.717) is 17.5 Å². The molecule has 14 aromatic carbocycles. The lowest BCUT2D eigenvalue weighted by Gasteiger charge is -2.44. The summed E-state index contributed by atoms with van der Waals surface area (Å²) in [5, 5.41) is 2.23. The number of hydrogen-bond acceptors (Lipinski definition) is 7. The summed E-state index contributed by atoms with van der Waals surface area (Å²) in [5.41, 5.74) is 25.4. The van der Waals surface area contributed by atoms with Crippen LogP contribution in [0.25, 0.3) is 72.8 Å². The highest BCUT2D eigenvalue weighted by Gasteiger charge is 2.43. The van der Waals surface area contributed by atoms with Gasteiger partial charge in [-0.05, 0) is 185 Å². The molecule has 0 atom stereocenters. The molecule has 8 nitrogen and oxygen atoms in total. The molecular formula is C87H59BN8. The number of benzene rings is 14. The van der Waals surface area contributed by atoms with Crippen molar-refractivity contribution in [3.05, 3.63) is 358 Å². The minimum absolute atomic E-state index is 0.00442. The van der Waals surface area contributed by atoms with Gasteiger partial charge in [-0.3, -0.25) is 0 Å². The molecule has 16 aromatic rings. The molecule has 2 aliphatic rings. The lowest BCUT2D eigenvalue weighted by molar-refractivity contribution is 1.07. The first-order valence-corrected chi connectivity index (χ1v) is 32.6. The van der Waals surface area contributed by atoms with Crippen LogP contribution in [0.4, 0.5) is 68.2 Å². The SMILES string of the molecule is c1ccc(-c2nc(-c3ccccc3)nc(-c3ccc(-n4c5ccc(N(c6ccccc6)c6ccccc6)cc5c5cc(N(c6ccccc6)c6ccc(-c7ccc8c(c7)B7c9ccccc9N(c9ccccc9)c9cccc(c97)N8c7ccccc7)cc6)ccc54)cc3)n2)cc1. The lowest BCUT2D eigenvalue weighted by Crippen LogP contribution is -2.61. The van der Waals surface area contributed by atoms with Crippen molar-refractivity contribution in [1.82, 2.24) is 19.5 Å². The molecule has 450 valence electrons. The van der Waals surface area contributed by atoms with Gasteiger partial charge in [-0.25, -0.2) is 15.0 Å². The Kier molecular flexibility index (Phi) is 13.8. The molecule has 0 radical (unpaired) electrons. The Balaban J connectivity index is 0.762. The smallest absolute Gasteiger partial charge is 0.252 e. The fourth-order valence-corrected chi connectivity index (χ4v) is 14.5. The molecule has 0 aliphatic carbocycles. The van der Waals surface area contributed by atoms with Gasteiger partial charge in [-0.15, -0.1) is 0 Å². The minimum atomic E-state index is -0.00442. The molecule has 96 heavy (non-hydrogen) atoms. The Morgan fingerprint density at radius 3 is 1.08 bits per heavy atom. The van der Waals surface area contributed by atoms with Crippen LogP contribution in [0.3, 0.4) is 0 Å². The fraction of sp³-hybridized carbons (Fsp3) is 0. The van der Waals surface area contributed by atoms with Gasteiger partial charge >= 0.3 is 0 Å². The van der Waals surface area contributed by atoms with Crippen molar-refractivity contribution < 1.29 is 0 Å². The van der Waals surface area contributed by atoms with E-state index in [1.165, 1.54) is 39.1 Å². The lowest BCUT2D eigenvalue weighted by atomic mass is 9.33. The Morgan fingerprint density at radius 1 is 0.240 bits per heavy atom. The number of para-hydroxylation sites is 6. The topological polar surface area (TPSA) is 56.6 Å². The van der Waals surface area contributed by atoms with E-state index in [9.17, 15) is 0 Å². The van der Waals surface area contributed by atoms with E-state index < -0.39 is 0 Å². The van der Waals surface area contributed by atoms with E-state index in [0.717, 1.165) is 101 Å². The van der Waals surface area contributed by atoms with Crippen LogP contribution in [-0.4, -0.2) is 26.2 Å². The summed E-state index contributed by atoms with van der Waals surface area (Å²) in [6.07, 6.45) is 0. The van der Waals surface area contributed by atoms with Gasteiger partial charge in [0.15, 0.2) is 17.5 Å². The van der Waals surface area contributed by atoms with Crippen molar-refractivity contribution in [3.63, 3.8) is 0 Å². The van der Waals surface area contributed by atoms with Crippen molar-refractivity contribution in [3.8, 4) is 51.0 Å². The predicted molar refractivity (Wildman–Crippen MR) is 399 cm³/mol. The normalized spacial score (nSPS) is 12.1. The molecule has 0 N–H and O–H groups in total. The molecule has 0 saturated carbocycles. The molecule has 0 fully saturated rings. The summed E-state index contributed by atoms with van der Waals surface area (Å²) >= 11 is 0. The quantitative estimate of drug-likeness (QED) is 0.107. The third-order valence-corrected chi connectivity index (χ3v) is 18.8.